The van der Waals surface area contributed by atoms with E-state index in [1.807, 2.05) is 12.1 Å². The molecule has 0 aromatic heterocycles. The molecular formula is C10H14N2O2S. The Labute approximate surface area is 89.7 Å². The Morgan fingerprint density at radius 2 is 2.07 bits per heavy atom. The van der Waals surface area contributed by atoms with Crippen LogP contribution in [0.25, 0.3) is 0 Å². The smallest absolute Gasteiger partial charge is 0.244 e. The predicted octanol–water partition coefficient (Wildman–Crippen LogP) is 1.47. The van der Waals surface area contributed by atoms with Gasteiger partial charge in [-0.05, 0) is 23.6 Å². The fourth-order valence-corrected chi connectivity index (χ4v) is 2.67. The summed E-state index contributed by atoms with van der Waals surface area (Å²) in [7, 11) is -3.30. The number of nitrogens with one attached hydrogen (secondary N) is 2. The molecule has 0 fully saturated rings. The lowest BCUT2D eigenvalue weighted by molar-refractivity contribution is 0.581. The van der Waals surface area contributed by atoms with Crippen LogP contribution in [0.5, 0.6) is 0 Å². The van der Waals surface area contributed by atoms with Gasteiger partial charge in [0.1, 0.15) is 4.90 Å². The van der Waals surface area contributed by atoms with Gasteiger partial charge < -0.3 is 5.32 Å². The highest BCUT2D eigenvalue weighted by atomic mass is 32.2. The van der Waals surface area contributed by atoms with Crippen molar-refractivity contribution in [3.05, 3.63) is 23.8 Å². The molecule has 1 aliphatic heterocycles. The van der Waals surface area contributed by atoms with Crippen LogP contribution >= 0.6 is 0 Å². The third-order valence-electron chi connectivity index (χ3n) is 2.50. The Morgan fingerprint density at radius 1 is 1.33 bits per heavy atom. The van der Waals surface area contributed by atoms with E-state index in [2.05, 4.69) is 23.9 Å². The predicted molar refractivity (Wildman–Crippen MR) is 59.3 cm³/mol. The maximum Gasteiger partial charge on any atom is 0.244 e. The SMILES string of the molecule is CC(C)c1ccc2c(c1)NCNS2(=O)=O. The maximum absolute atomic E-state index is 11.6. The Morgan fingerprint density at radius 3 is 2.73 bits per heavy atom. The molecule has 0 unspecified atom stereocenters. The molecule has 0 saturated carbocycles. The zero-order chi connectivity index (χ0) is 11.1. The van der Waals surface area contributed by atoms with Gasteiger partial charge in [-0.1, -0.05) is 19.9 Å². The molecule has 2 N–H and O–H groups in total. The number of hydrogen-bond donors (Lipinski definition) is 2. The van der Waals surface area contributed by atoms with Crippen molar-refractivity contribution in [2.45, 2.75) is 24.7 Å². The van der Waals surface area contributed by atoms with Crippen molar-refractivity contribution in [3.8, 4) is 0 Å². The fraction of sp³-hybridized carbons (Fsp3) is 0.400. The van der Waals surface area contributed by atoms with Crippen molar-refractivity contribution in [1.82, 2.24) is 4.72 Å². The van der Waals surface area contributed by atoms with Gasteiger partial charge in [-0.25, -0.2) is 8.42 Å². The molecule has 2 rings (SSSR count). The Kier molecular flexibility index (Phi) is 2.44. The molecule has 0 spiro atoms. The number of rotatable bonds is 1. The van der Waals surface area contributed by atoms with Gasteiger partial charge >= 0.3 is 0 Å². The lowest BCUT2D eigenvalue weighted by Gasteiger charge is -2.20. The van der Waals surface area contributed by atoms with E-state index in [1.165, 1.54) is 0 Å². The Bertz CT molecular complexity index is 480. The zero-order valence-corrected chi connectivity index (χ0v) is 9.56. The van der Waals surface area contributed by atoms with Gasteiger partial charge in [-0.3, -0.25) is 0 Å². The first-order chi connectivity index (χ1) is 7.00. The molecule has 1 aromatic rings. The summed E-state index contributed by atoms with van der Waals surface area (Å²) in [6.07, 6.45) is 0. The first-order valence-electron chi connectivity index (χ1n) is 4.88. The molecule has 5 heteroatoms. The summed E-state index contributed by atoms with van der Waals surface area (Å²) in [6.45, 7) is 4.42. The molecule has 0 bridgehead atoms. The Hall–Kier alpha value is -1.07. The van der Waals surface area contributed by atoms with Gasteiger partial charge in [0.05, 0.1) is 12.4 Å². The van der Waals surface area contributed by atoms with Gasteiger partial charge in [-0.15, -0.1) is 0 Å². The monoisotopic (exact) mass is 226 g/mol. The topological polar surface area (TPSA) is 58.2 Å². The summed E-state index contributed by atoms with van der Waals surface area (Å²) in [5.74, 6) is 0.398. The largest absolute Gasteiger partial charge is 0.370 e. The number of sulfonamides is 1. The zero-order valence-electron chi connectivity index (χ0n) is 8.74. The summed E-state index contributed by atoms with van der Waals surface area (Å²) < 4.78 is 25.6. The fourth-order valence-electron chi connectivity index (χ4n) is 1.58. The van der Waals surface area contributed by atoms with Crippen molar-refractivity contribution < 1.29 is 8.42 Å². The second kappa shape index (κ2) is 3.50. The van der Waals surface area contributed by atoms with Crippen LogP contribution in [0, 0.1) is 0 Å². The molecule has 82 valence electrons. The first kappa shape index (κ1) is 10.4. The lowest BCUT2D eigenvalue weighted by Crippen LogP contribution is -2.34. The van der Waals surface area contributed by atoms with Crippen LogP contribution in [-0.4, -0.2) is 15.1 Å². The minimum absolute atomic E-state index is 0.261. The normalized spacial score (nSPS) is 18.3. The minimum atomic E-state index is -3.30. The van der Waals surface area contributed by atoms with Crippen molar-refractivity contribution in [3.63, 3.8) is 0 Å². The molecule has 0 aliphatic carbocycles. The van der Waals surface area contributed by atoms with Crippen molar-refractivity contribution in [2.75, 3.05) is 12.0 Å². The molecule has 1 aliphatic rings. The van der Waals surface area contributed by atoms with Crippen LogP contribution in [0.15, 0.2) is 23.1 Å². The summed E-state index contributed by atoms with van der Waals surface area (Å²) in [5.41, 5.74) is 1.83. The number of anilines is 1. The molecule has 1 aromatic carbocycles. The van der Waals surface area contributed by atoms with Crippen LogP contribution in [-0.2, 0) is 10.0 Å². The quantitative estimate of drug-likeness (QED) is 0.762. The van der Waals surface area contributed by atoms with E-state index in [0.717, 1.165) is 5.56 Å². The van der Waals surface area contributed by atoms with Crippen LogP contribution < -0.4 is 10.0 Å². The van der Waals surface area contributed by atoms with Crippen molar-refractivity contribution in [1.29, 1.82) is 0 Å². The summed E-state index contributed by atoms with van der Waals surface area (Å²) in [6, 6.07) is 5.41. The Balaban J connectivity index is 2.55. The van der Waals surface area contributed by atoms with E-state index in [0.29, 0.717) is 16.5 Å². The molecule has 0 amide bonds. The molecule has 15 heavy (non-hydrogen) atoms. The second-order valence-electron chi connectivity index (χ2n) is 3.91. The van der Waals surface area contributed by atoms with E-state index < -0.39 is 10.0 Å². The summed E-state index contributed by atoms with van der Waals surface area (Å²) >= 11 is 0. The third kappa shape index (κ3) is 1.85. The number of hydrogen-bond acceptors (Lipinski definition) is 3. The van der Waals surface area contributed by atoms with Crippen LogP contribution in [0.2, 0.25) is 0 Å². The van der Waals surface area contributed by atoms with Crippen molar-refractivity contribution in [2.24, 2.45) is 0 Å². The standard InChI is InChI=1S/C10H14N2O2S/c1-7(2)8-3-4-10-9(5-8)11-6-12-15(10,13)14/h3-5,7,11-12H,6H2,1-2H3. The van der Waals surface area contributed by atoms with Gasteiger partial charge in [0.15, 0.2) is 0 Å². The van der Waals surface area contributed by atoms with E-state index in [9.17, 15) is 8.42 Å². The highest BCUT2D eigenvalue weighted by Gasteiger charge is 2.22. The maximum atomic E-state index is 11.6. The van der Waals surface area contributed by atoms with Gasteiger partial charge in [0.25, 0.3) is 0 Å². The number of benzene rings is 1. The van der Waals surface area contributed by atoms with Gasteiger partial charge in [-0.2, -0.15) is 4.72 Å². The average Bonchev–Trinajstić information content (AvgIpc) is 2.16. The summed E-state index contributed by atoms with van der Waals surface area (Å²) in [5, 5.41) is 3.02. The van der Waals surface area contributed by atoms with E-state index >= 15 is 0 Å². The van der Waals surface area contributed by atoms with Crippen LogP contribution in [0.3, 0.4) is 0 Å². The lowest BCUT2D eigenvalue weighted by atomic mass is 10.0. The molecule has 0 atom stereocenters. The van der Waals surface area contributed by atoms with Crippen molar-refractivity contribution >= 4 is 15.7 Å². The van der Waals surface area contributed by atoms with Gasteiger partial charge in [0, 0.05) is 0 Å². The molecule has 0 saturated heterocycles. The highest BCUT2D eigenvalue weighted by molar-refractivity contribution is 7.89. The van der Waals surface area contributed by atoms with E-state index in [-0.39, 0.29) is 6.67 Å². The van der Waals surface area contributed by atoms with Gasteiger partial charge in [0.2, 0.25) is 10.0 Å². The molecular weight excluding hydrogens is 212 g/mol. The summed E-state index contributed by atoms with van der Waals surface area (Å²) in [4.78, 5) is 0.332. The molecule has 4 nitrogen and oxygen atoms in total. The third-order valence-corrected chi connectivity index (χ3v) is 3.96. The highest BCUT2D eigenvalue weighted by Crippen LogP contribution is 2.27. The van der Waals surface area contributed by atoms with E-state index in [4.69, 9.17) is 0 Å². The first-order valence-corrected chi connectivity index (χ1v) is 6.36. The molecule has 1 heterocycles. The van der Waals surface area contributed by atoms with E-state index in [1.54, 1.807) is 6.07 Å². The second-order valence-corrected chi connectivity index (χ2v) is 5.65. The molecule has 0 radical (unpaired) electrons. The average molecular weight is 226 g/mol. The van der Waals surface area contributed by atoms with Crippen LogP contribution in [0.4, 0.5) is 5.69 Å². The van der Waals surface area contributed by atoms with Crippen LogP contribution in [0.1, 0.15) is 25.3 Å². The minimum Gasteiger partial charge on any atom is -0.370 e. The number of fused-ring (bicyclic) bond motifs is 1.